The van der Waals surface area contributed by atoms with Crippen molar-refractivity contribution in [2.45, 2.75) is 33.2 Å². The quantitative estimate of drug-likeness (QED) is 0.267. The topological polar surface area (TPSA) is 35.6 Å². The molecule has 1 heterocycles. The lowest BCUT2D eigenvalue weighted by atomic mass is 10.0. The Hall–Kier alpha value is -4.31. The van der Waals surface area contributed by atoms with Crippen molar-refractivity contribution < 1.29 is 17.9 Å². The molecule has 1 aromatic heterocycles. The number of hydrogen-bond donors (Lipinski definition) is 0. The van der Waals surface area contributed by atoms with Gasteiger partial charge in [0.1, 0.15) is 12.4 Å². The number of alkyl halides is 3. The van der Waals surface area contributed by atoms with E-state index in [-0.39, 0.29) is 12.2 Å². The summed E-state index contributed by atoms with van der Waals surface area (Å²) in [4.78, 5) is 16.1. The highest BCUT2D eigenvalue weighted by molar-refractivity contribution is 5.66. The lowest BCUT2D eigenvalue weighted by molar-refractivity contribution is -0.136. The average molecular weight is 489 g/mol. The maximum atomic E-state index is 13.8. The molecular formula is C29H23F3N2O2. The highest BCUT2D eigenvalue weighted by Crippen LogP contribution is 2.37. The van der Waals surface area contributed by atoms with E-state index in [1.807, 2.05) is 62.4 Å². The molecule has 0 saturated carbocycles. The van der Waals surface area contributed by atoms with Crippen molar-refractivity contribution in [2.24, 2.45) is 0 Å². The summed E-state index contributed by atoms with van der Waals surface area (Å²) in [6.07, 6.45) is -4.84. The maximum Gasteiger partial charge on any atom is 0.407 e. The number of rotatable bonds is 6. The van der Waals surface area contributed by atoms with Crippen LogP contribution in [0.3, 0.4) is 0 Å². The SMILES string of the molecule is [C-]#[N+]c1c(C(F)(F)F)cc(-c2ccc(OCc3ccccc3)cc2)n(Cc2ccc(C)cc2C)c1=O. The summed E-state index contributed by atoms with van der Waals surface area (Å²) in [6.45, 7) is 11.5. The van der Waals surface area contributed by atoms with Crippen molar-refractivity contribution in [3.8, 4) is 17.0 Å². The molecule has 0 aliphatic carbocycles. The average Bonchev–Trinajstić information content (AvgIpc) is 2.85. The fraction of sp³-hybridized carbons (Fsp3) is 0.172. The van der Waals surface area contributed by atoms with E-state index >= 15 is 0 Å². The zero-order valence-corrected chi connectivity index (χ0v) is 19.8. The van der Waals surface area contributed by atoms with E-state index in [0.29, 0.717) is 17.9 Å². The van der Waals surface area contributed by atoms with Crippen LogP contribution in [0.1, 0.15) is 27.8 Å². The molecule has 0 unspecified atom stereocenters. The minimum Gasteiger partial charge on any atom is -0.489 e. The second-order valence-corrected chi connectivity index (χ2v) is 8.52. The molecule has 4 rings (SSSR count). The highest BCUT2D eigenvalue weighted by Gasteiger charge is 2.36. The number of nitrogens with zero attached hydrogens (tertiary/aromatic N) is 2. The molecule has 0 aliphatic heterocycles. The third-order valence-corrected chi connectivity index (χ3v) is 5.92. The summed E-state index contributed by atoms with van der Waals surface area (Å²) >= 11 is 0. The van der Waals surface area contributed by atoms with Crippen molar-refractivity contribution in [3.63, 3.8) is 0 Å². The van der Waals surface area contributed by atoms with Gasteiger partial charge in [0.25, 0.3) is 11.2 Å². The second kappa shape index (κ2) is 10.1. The second-order valence-electron chi connectivity index (χ2n) is 8.52. The molecule has 36 heavy (non-hydrogen) atoms. The third kappa shape index (κ3) is 5.33. The zero-order valence-electron chi connectivity index (χ0n) is 19.8. The first-order valence-corrected chi connectivity index (χ1v) is 11.2. The number of pyridine rings is 1. The van der Waals surface area contributed by atoms with Gasteiger partial charge < -0.3 is 9.30 Å². The fourth-order valence-corrected chi connectivity index (χ4v) is 4.01. The number of hydrogen-bond acceptors (Lipinski definition) is 2. The van der Waals surface area contributed by atoms with Crippen LogP contribution in [0.5, 0.6) is 5.75 Å². The Bertz CT molecular complexity index is 1480. The van der Waals surface area contributed by atoms with E-state index in [9.17, 15) is 18.0 Å². The predicted molar refractivity (Wildman–Crippen MR) is 133 cm³/mol. The molecule has 0 spiro atoms. The van der Waals surface area contributed by atoms with Gasteiger partial charge in [-0.3, -0.25) is 4.79 Å². The smallest absolute Gasteiger partial charge is 0.407 e. The lowest BCUT2D eigenvalue weighted by Crippen LogP contribution is -2.25. The van der Waals surface area contributed by atoms with Gasteiger partial charge in [-0.15, -0.1) is 0 Å². The van der Waals surface area contributed by atoms with Crippen molar-refractivity contribution in [2.75, 3.05) is 0 Å². The third-order valence-electron chi connectivity index (χ3n) is 5.92. The van der Waals surface area contributed by atoms with Gasteiger partial charge in [0.05, 0.1) is 18.7 Å². The molecule has 4 aromatic rings. The Morgan fingerprint density at radius 3 is 2.25 bits per heavy atom. The van der Waals surface area contributed by atoms with E-state index in [1.165, 1.54) is 4.57 Å². The van der Waals surface area contributed by atoms with Gasteiger partial charge in [-0.2, -0.15) is 13.2 Å². The molecule has 7 heteroatoms. The Balaban J connectivity index is 1.78. The Morgan fingerprint density at radius 2 is 1.64 bits per heavy atom. The van der Waals surface area contributed by atoms with Crippen LogP contribution >= 0.6 is 0 Å². The minimum absolute atomic E-state index is 0.0349. The minimum atomic E-state index is -4.84. The summed E-state index contributed by atoms with van der Waals surface area (Å²) in [5.41, 5.74) is 1.04. The van der Waals surface area contributed by atoms with Crippen molar-refractivity contribution >= 4 is 5.69 Å². The number of halogens is 3. The molecule has 0 atom stereocenters. The normalized spacial score (nSPS) is 11.2. The first-order chi connectivity index (χ1) is 17.2. The number of benzene rings is 3. The van der Waals surface area contributed by atoms with E-state index in [1.54, 1.807) is 24.3 Å². The number of aryl methyl sites for hydroxylation is 2. The van der Waals surface area contributed by atoms with Crippen molar-refractivity contribution in [3.05, 3.63) is 128 Å². The summed E-state index contributed by atoms with van der Waals surface area (Å²) < 4.78 is 48.4. The van der Waals surface area contributed by atoms with Crippen LogP contribution in [0.2, 0.25) is 0 Å². The van der Waals surface area contributed by atoms with E-state index in [2.05, 4.69) is 4.85 Å². The van der Waals surface area contributed by atoms with Crippen LogP contribution in [0.4, 0.5) is 18.9 Å². The standard InChI is InChI=1S/C29H23F3N2O2/c1-19-9-10-23(20(2)15-19)17-34-26(16-25(29(30,31)32)27(33-3)28(34)35)22-11-13-24(14-12-22)36-18-21-7-5-4-6-8-21/h4-16H,17-18H2,1-2H3. The van der Waals surface area contributed by atoms with E-state index in [4.69, 9.17) is 11.3 Å². The summed E-state index contributed by atoms with van der Waals surface area (Å²) in [7, 11) is 0. The van der Waals surface area contributed by atoms with Crippen molar-refractivity contribution in [1.82, 2.24) is 4.57 Å². The molecular weight excluding hydrogens is 465 g/mol. The van der Waals surface area contributed by atoms with Gasteiger partial charge in [-0.25, -0.2) is 4.85 Å². The molecule has 182 valence electrons. The predicted octanol–water partition coefficient (Wildman–Crippen LogP) is 7.33. The largest absolute Gasteiger partial charge is 0.489 e. The number of aromatic nitrogens is 1. The van der Waals surface area contributed by atoms with Crippen molar-refractivity contribution in [1.29, 1.82) is 0 Å². The first kappa shape index (κ1) is 24.8. The van der Waals surface area contributed by atoms with Gasteiger partial charge in [0.2, 0.25) is 0 Å². The monoisotopic (exact) mass is 488 g/mol. The Kier molecular flexibility index (Phi) is 6.98. The van der Waals surface area contributed by atoms with Gasteiger partial charge in [0, 0.05) is 5.69 Å². The summed E-state index contributed by atoms with van der Waals surface area (Å²) in [5.74, 6) is 0.541. The van der Waals surface area contributed by atoms with E-state index in [0.717, 1.165) is 28.3 Å². The molecule has 0 N–H and O–H groups in total. The van der Waals surface area contributed by atoms with Gasteiger partial charge in [0.15, 0.2) is 0 Å². The maximum absolute atomic E-state index is 13.8. The van der Waals surface area contributed by atoms with Crippen LogP contribution in [-0.2, 0) is 19.3 Å². The fourth-order valence-electron chi connectivity index (χ4n) is 4.01. The molecule has 3 aromatic carbocycles. The molecule has 4 nitrogen and oxygen atoms in total. The first-order valence-electron chi connectivity index (χ1n) is 11.2. The van der Waals surface area contributed by atoms with Crippen LogP contribution in [0.15, 0.2) is 83.7 Å². The number of ether oxygens (including phenoxy) is 1. The lowest BCUT2D eigenvalue weighted by Gasteiger charge is -2.19. The molecule has 0 radical (unpaired) electrons. The van der Waals surface area contributed by atoms with Crippen LogP contribution in [0, 0.1) is 20.4 Å². The van der Waals surface area contributed by atoms with Gasteiger partial charge in [-0.05, 0) is 66.4 Å². The Labute approximate surface area is 207 Å². The zero-order chi connectivity index (χ0) is 25.9. The molecule has 0 amide bonds. The molecule has 0 aliphatic rings. The van der Waals surface area contributed by atoms with Crippen LogP contribution in [-0.4, -0.2) is 4.57 Å². The Morgan fingerprint density at radius 1 is 0.944 bits per heavy atom. The summed E-state index contributed by atoms with van der Waals surface area (Å²) in [6, 6.07) is 22.7. The van der Waals surface area contributed by atoms with E-state index < -0.39 is 23.0 Å². The molecule has 0 saturated heterocycles. The molecule has 0 bridgehead atoms. The molecule has 0 fully saturated rings. The van der Waals surface area contributed by atoms with Gasteiger partial charge in [-0.1, -0.05) is 54.1 Å². The summed E-state index contributed by atoms with van der Waals surface area (Å²) in [5, 5.41) is 0. The van der Waals surface area contributed by atoms with Crippen LogP contribution < -0.4 is 10.3 Å². The highest BCUT2D eigenvalue weighted by atomic mass is 19.4. The van der Waals surface area contributed by atoms with Gasteiger partial charge >= 0.3 is 6.18 Å². The van der Waals surface area contributed by atoms with Crippen LogP contribution in [0.25, 0.3) is 16.1 Å².